The number of anilines is 3. The lowest BCUT2D eigenvalue weighted by atomic mass is 9.81. The Bertz CT molecular complexity index is 3300. The Morgan fingerprint density at radius 1 is 0.368 bits per heavy atom. The molecule has 0 saturated heterocycles. The van der Waals surface area contributed by atoms with Crippen molar-refractivity contribution in [3.63, 3.8) is 0 Å². The minimum absolute atomic E-state index is 0.136. The van der Waals surface area contributed by atoms with E-state index in [1.807, 2.05) is 6.07 Å². The normalized spacial score (nSPS) is 14.6. The largest absolute Gasteiger partial charge is 0.456 e. The molecule has 0 unspecified atom stereocenters. The minimum atomic E-state index is -0.140. The molecule has 0 fully saturated rings. The molecule has 2 heterocycles. The van der Waals surface area contributed by atoms with Crippen LogP contribution in [0.3, 0.4) is 0 Å². The molecule has 3 heteroatoms. The van der Waals surface area contributed by atoms with Crippen LogP contribution in [0.15, 0.2) is 173 Å². The summed E-state index contributed by atoms with van der Waals surface area (Å²) in [4.78, 5) is 2.42. The SMILES string of the molecule is CC1(C)c2ccccc2-c2ccc(-c3cc(N(c4ccccc4)c4ccc5c(c4)C(C)(C)c4ccccc4-5)cc4c3oc3ccc5oc6ccccc6c5c34)cc21. The van der Waals surface area contributed by atoms with Crippen LogP contribution < -0.4 is 4.90 Å². The number of furan rings is 2. The van der Waals surface area contributed by atoms with Crippen molar-refractivity contribution in [1.82, 2.24) is 0 Å². The van der Waals surface area contributed by atoms with Gasteiger partial charge < -0.3 is 13.7 Å². The molecular formula is C54H39NO2. The Kier molecular flexibility index (Phi) is 6.46. The van der Waals surface area contributed by atoms with E-state index < -0.39 is 0 Å². The molecule has 8 aromatic carbocycles. The summed E-state index contributed by atoms with van der Waals surface area (Å²) in [6, 6.07) is 59.6. The quantitative estimate of drug-likeness (QED) is 0.180. The van der Waals surface area contributed by atoms with Crippen LogP contribution in [0.2, 0.25) is 0 Å². The van der Waals surface area contributed by atoms with E-state index in [-0.39, 0.29) is 10.8 Å². The van der Waals surface area contributed by atoms with Crippen molar-refractivity contribution in [1.29, 1.82) is 0 Å². The fourth-order valence-electron chi connectivity index (χ4n) is 10.2. The lowest BCUT2D eigenvalue weighted by molar-refractivity contribution is 0.660. The average Bonchev–Trinajstić information content (AvgIpc) is 3.94. The van der Waals surface area contributed by atoms with E-state index in [1.54, 1.807) is 0 Å². The smallest absolute Gasteiger partial charge is 0.143 e. The van der Waals surface area contributed by atoms with Crippen molar-refractivity contribution < 1.29 is 8.83 Å². The van der Waals surface area contributed by atoms with Crippen molar-refractivity contribution in [3.05, 3.63) is 186 Å². The van der Waals surface area contributed by atoms with Crippen LogP contribution in [0.5, 0.6) is 0 Å². The molecule has 2 aromatic heterocycles. The van der Waals surface area contributed by atoms with Gasteiger partial charge in [0.1, 0.15) is 22.3 Å². The van der Waals surface area contributed by atoms with E-state index >= 15 is 0 Å². The van der Waals surface area contributed by atoms with Gasteiger partial charge in [0.25, 0.3) is 0 Å². The monoisotopic (exact) mass is 733 g/mol. The molecule has 0 atom stereocenters. The summed E-state index contributed by atoms with van der Waals surface area (Å²) in [5.41, 5.74) is 19.3. The first-order valence-electron chi connectivity index (χ1n) is 19.9. The molecule has 3 nitrogen and oxygen atoms in total. The molecule has 0 saturated carbocycles. The number of hydrogen-bond acceptors (Lipinski definition) is 3. The molecule has 0 N–H and O–H groups in total. The van der Waals surface area contributed by atoms with Crippen LogP contribution in [0, 0.1) is 0 Å². The van der Waals surface area contributed by atoms with Gasteiger partial charge in [-0.1, -0.05) is 131 Å². The van der Waals surface area contributed by atoms with Gasteiger partial charge in [-0.25, -0.2) is 0 Å². The van der Waals surface area contributed by atoms with Crippen molar-refractivity contribution in [2.75, 3.05) is 4.90 Å². The fraction of sp³-hybridized carbons (Fsp3) is 0.111. The minimum Gasteiger partial charge on any atom is -0.456 e. The van der Waals surface area contributed by atoms with E-state index in [0.29, 0.717) is 0 Å². The summed E-state index contributed by atoms with van der Waals surface area (Å²) in [6.07, 6.45) is 0. The van der Waals surface area contributed by atoms with Crippen LogP contribution in [-0.2, 0) is 10.8 Å². The van der Waals surface area contributed by atoms with Gasteiger partial charge in [-0.05, 0) is 111 Å². The lowest BCUT2D eigenvalue weighted by Crippen LogP contribution is -2.16. The van der Waals surface area contributed by atoms with Crippen molar-refractivity contribution in [2.24, 2.45) is 0 Å². The van der Waals surface area contributed by atoms with Crippen LogP contribution in [0.1, 0.15) is 49.9 Å². The summed E-state index contributed by atoms with van der Waals surface area (Å²) in [7, 11) is 0. The molecule has 10 aromatic rings. The highest BCUT2D eigenvalue weighted by Crippen LogP contribution is 2.53. The highest BCUT2D eigenvalue weighted by molar-refractivity contribution is 6.27. The van der Waals surface area contributed by atoms with Gasteiger partial charge in [-0.2, -0.15) is 0 Å². The van der Waals surface area contributed by atoms with Gasteiger partial charge in [0.05, 0.1) is 0 Å². The van der Waals surface area contributed by atoms with Crippen LogP contribution in [-0.4, -0.2) is 0 Å². The Morgan fingerprint density at radius 3 is 1.68 bits per heavy atom. The standard InChI is InChI=1S/C54H39NO2/c1-53(2)43-19-11-8-16-36(43)38-24-22-32(28-45(38)53)41-29-35(30-42-51-49(57-52(41)42)27-26-48-50(51)40-18-10-13-21-47(40)56-48)55(33-14-6-5-7-15-33)34-23-25-39-37-17-9-12-20-44(37)54(3,4)46(39)31-34/h5-31H,1-4H3. The Labute approximate surface area is 331 Å². The second-order valence-corrected chi connectivity index (χ2v) is 16.9. The van der Waals surface area contributed by atoms with Gasteiger partial charge in [0.2, 0.25) is 0 Å². The third kappa shape index (κ3) is 4.43. The topological polar surface area (TPSA) is 29.5 Å². The maximum atomic E-state index is 7.01. The number of para-hydroxylation sites is 2. The van der Waals surface area contributed by atoms with Crippen molar-refractivity contribution >= 4 is 60.9 Å². The fourth-order valence-corrected chi connectivity index (χ4v) is 10.2. The number of hydrogen-bond donors (Lipinski definition) is 0. The second-order valence-electron chi connectivity index (χ2n) is 16.9. The van der Waals surface area contributed by atoms with Gasteiger partial charge in [0.15, 0.2) is 0 Å². The molecule has 12 rings (SSSR count). The predicted octanol–water partition coefficient (Wildman–Crippen LogP) is 15.2. The summed E-state index contributed by atoms with van der Waals surface area (Å²) >= 11 is 0. The number of rotatable bonds is 4. The molecule has 0 amide bonds. The van der Waals surface area contributed by atoms with Crippen LogP contribution in [0.4, 0.5) is 17.1 Å². The highest BCUT2D eigenvalue weighted by Gasteiger charge is 2.37. The van der Waals surface area contributed by atoms with Crippen molar-refractivity contribution in [2.45, 2.75) is 38.5 Å². The number of nitrogens with zero attached hydrogens (tertiary/aromatic N) is 1. The van der Waals surface area contributed by atoms with E-state index in [2.05, 4.69) is 190 Å². The Morgan fingerprint density at radius 2 is 0.947 bits per heavy atom. The van der Waals surface area contributed by atoms with Crippen LogP contribution in [0.25, 0.3) is 77.3 Å². The van der Waals surface area contributed by atoms with E-state index in [1.165, 1.54) is 44.5 Å². The highest BCUT2D eigenvalue weighted by atomic mass is 16.3. The third-order valence-electron chi connectivity index (χ3n) is 13.1. The number of fused-ring (bicyclic) bond motifs is 13. The Balaban J connectivity index is 1.16. The molecule has 0 aliphatic heterocycles. The number of benzene rings is 8. The summed E-state index contributed by atoms with van der Waals surface area (Å²) in [6.45, 7) is 9.40. The third-order valence-corrected chi connectivity index (χ3v) is 13.1. The second kappa shape index (κ2) is 11.4. The lowest BCUT2D eigenvalue weighted by Gasteiger charge is -2.28. The average molecular weight is 734 g/mol. The Hall–Kier alpha value is -6.84. The van der Waals surface area contributed by atoms with Gasteiger partial charge >= 0.3 is 0 Å². The van der Waals surface area contributed by atoms with Gasteiger partial charge in [-0.15, -0.1) is 0 Å². The first kappa shape index (κ1) is 32.4. The summed E-state index contributed by atoms with van der Waals surface area (Å²) < 4.78 is 13.5. The zero-order valence-corrected chi connectivity index (χ0v) is 32.4. The van der Waals surface area contributed by atoms with E-state index in [4.69, 9.17) is 8.83 Å². The molecule has 0 spiro atoms. The van der Waals surface area contributed by atoms with Crippen molar-refractivity contribution in [3.8, 4) is 33.4 Å². The molecule has 2 aliphatic carbocycles. The zero-order chi connectivity index (χ0) is 38.2. The molecule has 0 radical (unpaired) electrons. The molecule has 2 aliphatic rings. The van der Waals surface area contributed by atoms with Gasteiger partial charge in [-0.3, -0.25) is 0 Å². The molecule has 272 valence electrons. The molecular weight excluding hydrogens is 695 g/mol. The maximum Gasteiger partial charge on any atom is 0.143 e. The maximum absolute atomic E-state index is 7.01. The zero-order valence-electron chi connectivity index (χ0n) is 32.4. The van der Waals surface area contributed by atoms with Crippen LogP contribution >= 0.6 is 0 Å². The molecule has 57 heavy (non-hydrogen) atoms. The first-order valence-corrected chi connectivity index (χ1v) is 19.9. The van der Waals surface area contributed by atoms with E-state index in [0.717, 1.165) is 72.1 Å². The predicted molar refractivity (Wildman–Crippen MR) is 236 cm³/mol. The summed E-state index contributed by atoms with van der Waals surface area (Å²) in [5, 5.41) is 4.31. The first-order chi connectivity index (χ1) is 27.8. The van der Waals surface area contributed by atoms with Gasteiger partial charge in [0, 0.05) is 55.0 Å². The van der Waals surface area contributed by atoms with E-state index in [9.17, 15) is 0 Å². The summed E-state index contributed by atoms with van der Waals surface area (Å²) in [5.74, 6) is 0. The molecule has 0 bridgehead atoms.